The Labute approximate surface area is 123 Å². The van der Waals surface area contributed by atoms with Gasteiger partial charge in [-0.25, -0.2) is 0 Å². The van der Waals surface area contributed by atoms with Crippen molar-refractivity contribution in [2.45, 2.75) is 12.5 Å². The van der Waals surface area contributed by atoms with Crippen LogP contribution < -0.4 is 4.74 Å². The van der Waals surface area contributed by atoms with Crippen molar-refractivity contribution in [2.24, 2.45) is 5.41 Å². The minimum Gasteiger partial charge on any atom is -0.496 e. The van der Waals surface area contributed by atoms with Gasteiger partial charge in [-0.2, -0.15) is 5.26 Å². The number of hydrogen-bond acceptors (Lipinski definition) is 4. The third kappa shape index (κ3) is 2.15. The van der Waals surface area contributed by atoms with Crippen LogP contribution in [0.15, 0.2) is 36.4 Å². The predicted molar refractivity (Wildman–Crippen MR) is 78.9 cm³/mol. The smallest absolute Gasteiger partial charge is 0.125 e. The molecule has 1 aliphatic rings. The predicted octanol–water partition coefficient (Wildman–Crippen LogP) is 2.81. The van der Waals surface area contributed by atoms with Gasteiger partial charge < -0.3 is 14.6 Å². The average Bonchev–Trinajstić information content (AvgIpc) is 3.03. The van der Waals surface area contributed by atoms with Gasteiger partial charge in [0.05, 0.1) is 19.8 Å². The fourth-order valence-electron chi connectivity index (χ4n) is 2.96. The highest BCUT2D eigenvalue weighted by molar-refractivity contribution is 5.88. The van der Waals surface area contributed by atoms with Crippen LogP contribution in [0.4, 0.5) is 0 Å². The van der Waals surface area contributed by atoms with Crippen molar-refractivity contribution in [1.82, 2.24) is 0 Å². The molecule has 0 radical (unpaired) electrons. The minimum atomic E-state index is -0.939. The largest absolute Gasteiger partial charge is 0.496 e. The summed E-state index contributed by atoms with van der Waals surface area (Å²) in [6.45, 7) is 0.745. The molecule has 2 unspecified atom stereocenters. The molecule has 4 heteroatoms. The molecule has 1 heterocycles. The molecule has 2 aromatic carbocycles. The number of hydrogen-bond donors (Lipinski definition) is 1. The minimum absolute atomic E-state index is 0.247. The van der Waals surface area contributed by atoms with Gasteiger partial charge in [0.25, 0.3) is 0 Å². The average molecular weight is 283 g/mol. The van der Waals surface area contributed by atoms with Crippen LogP contribution in [0.25, 0.3) is 10.8 Å². The normalized spacial score (nSPS) is 22.9. The highest BCUT2D eigenvalue weighted by atomic mass is 16.5. The molecule has 1 N–H and O–H groups in total. The second kappa shape index (κ2) is 5.36. The molecule has 0 saturated carbocycles. The number of aliphatic hydroxyl groups excluding tert-OH is 1. The van der Waals surface area contributed by atoms with Gasteiger partial charge in [0.15, 0.2) is 0 Å². The van der Waals surface area contributed by atoms with E-state index in [0.29, 0.717) is 24.3 Å². The van der Waals surface area contributed by atoms with Crippen LogP contribution in [0.1, 0.15) is 18.1 Å². The summed E-state index contributed by atoms with van der Waals surface area (Å²) in [5, 5.41) is 22.4. The number of nitrogens with zero attached hydrogens (tertiary/aromatic N) is 1. The zero-order valence-electron chi connectivity index (χ0n) is 11.9. The number of nitriles is 1. The van der Waals surface area contributed by atoms with Gasteiger partial charge in [0.1, 0.15) is 17.3 Å². The third-order valence-corrected chi connectivity index (χ3v) is 4.22. The van der Waals surface area contributed by atoms with Gasteiger partial charge in [-0.05, 0) is 23.3 Å². The fraction of sp³-hybridized carbons (Fsp3) is 0.353. The molecule has 0 amide bonds. The van der Waals surface area contributed by atoms with Crippen LogP contribution in [0, 0.1) is 16.7 Å². The van der Waals surface area contributed by atoms with E-state index in [9.17, 15) is 10.4 Å². The number of methoxy groups -OCH3 is 1. The van der Waals surface area contributed by atoms with E-state index in [-0.39, 0.29) is 6.61 Å². The molecule has 3 rings (SSSR count). The first-order chi connectivity index (χ1) is 10.2. The van der Waals surface area contributed by atoms with Crippen LogP contribution in [-0.4, -0.2) is 25.4 Å². The van der Waals surface area contributed by atoms with Gasteiger partial charge in [0, 0.05) is 12.2 Å². The lowest BCUT2D eigenvalue weighted by Gasteiger charge is -2.28. The number of ether oxygens (including phenoxy) is 2. The fourth-order valence-corrected chi connectivity index (χ4v) is 2.96. The first-order valence-corrected chi connectivity index (χ1v) is 6.94. The monoisotopic (exact) mass is 283 g/mol. The molecule has 1 aliphatic heterocycles. The summed E-state index contributed by atoms with van der Waals surface area (Å²) in [6.07, 6.45) is -0.414. The lowest BCUT2D eigenvalue weighted by atomic mass is 9.78. The number of rotatable bonds is 3. The highest BCUT2D eigenvalue weighted by Gasteiger charge is 2.44. The quantitative estimate of drug-likeness (QED) is 0.941. The second-order valence-electron chi connectivity index (χ2n) is 5.38. The van der Waals surface area contributed by atoms with Crippen molar-refractivity contribution < 1.29 is 14.6 Å². The topological polar surface area (TPSA) is 62.5 Å². The standard InChI is InChI=1S/C17H17NO3/c1-20-14-7-6-12-4-2-3-5-13(12)15(14)16(19)17(10-18)8-9-21-11-17/h2-7,16,19H,8-9,11H2,1H3. The molecule has 2 aromatic rings. The summed E-state index contributed by atoms with van der Waals surface area (Å²) in [5.74, 6) is 0.600. The summed E-state index contributed by atoms with van der Waals surface area (Å²) >= 11 is 0. The molecule has 0 spiro atoms. The molecule has 4 nitrogen and oxygen atoms in total. The Morgan fingerprint density at radius 3 is 2.81 bits per heavy atom. The van der Waals surface area contributed by atoms with Crippen LogP contribution in [0.3, 0.4) is 0 Å². The van der Waals surface area contributed by atoms with Crippen molar-refractivity contribution >= 4 is 10.8 Å². The third-order valence-electron chi connectivity index (χ3n) is 4.22. The zero-order chi connectivity index (χ0) is 14.9. The molecule has 2 atom stereocenters. The van der Waals surface area contributed by atoms with E-state index in [1.807, 2.05) is 36.4 Å². The molecular formula is C17H17NO3. The first-order valence-electron chi connectivity index (χ1n) is 6.94. The Kier molecular flexibility index (Phi) is 3.54. The Hall–Kier alpha value is -2.09. The summed E-state index contributed by atoms with van der Waals surface area (Å²) in [4.78, 5) is 0. The maximum Gasteiger partial charge on any atom is 0.125 e. The molecule has 0 aromatic heterocycles. The van der Waals surface area contributed by atoms with E-state index in [2.05, 4.69) is 6.07 Å². The summed E-state index contributed by atoms with van der Waals surface area (Å²) in [5.41, 5.74) is -0.236. The van der Waals surface area contributed by atoms with Gasteiger partial charge >= 0.3 is 0 Å². The summed E-state index contributed by atoms with van der Waals surface area (Å²) in [7, 11) is 1.57. The van der Waals surface area contributed by atoms with Crippen molar-refractivity contribution in [1.29, 1.82) is 5.26 Å². The molecule has 1 fully saturated rings. The van der Waals surface area contributed by atoms with Crippen molar-refractivity contribution in [3.63, 3.8) is 0 Å². The molecule has 0 bridgehead atoms. The SMILES string of the molecule is COc1ccc2ccccc2c1C(O)C1(C#N)CCOC1. The van der Waals surface area contributed by atoms with Crippen molar-refractivity contribution in [2.75, 3.05) is 20.3 Å². The van der Waals surface area contributed by atoms with Crippen LogP contribution in [0.2, 0.25) is 0 Å². The van der Waals surface area contributed by atoms with E-state index in [4.69, 9.17) is 9.47 Å². The summed E-state index contributed by atoms with van der Waals surface area (Å²) in [6, 6.07) is 13.8. The molecule has 0 aliphatic carbocycles. The van der Waals surface area contributed by atoms with Gasteiger partial charge in [-0.1, -0.05) is 30.3 Å². The van der Waals surface area contributed by atoms with Gasteiger partial charge in [0.2, 0.25) is 0 Å². The maximum atomic E-state index is 10.9. The number of aliphatic hydroxyl groups is 1. The first kappa shape index (κ1) is 13.9. The Morgan fingerprint density at radius 2 is 2.14 bits per heavy atom. The Balaban J connectivity index is 2.21. The van der Waals surface area contributed by atoms with Gasteiger partial charge in [-0.15, -0.1) is 0 Å². The Bertz CT molecular complexity index is 699. The van der Waals surface area contributed by atoms with Crippen molar-refractivity contribution in [3.8, 4) is 11.8 Å². The van der Waals surface area contributed by atoms with Crippen LogP contribution >= 0.6 is 0 Å². The molecule has 21 heavy (non-hydrogen) atoms. The van der Waals surface area contributed by atoms with Gasteiger partial charge in [-0.3, -0.25) is 0 Å². The number of fused-ring (bicyclic) bond motifs is 1. The lowest BCUT2D eigenvalue weighted by molar-refractivity contribution is 0.0497. The maximum absolute atomic E-state index is 10.9. The lowest BCUT2D eigenvalue weighted by Crippen LogP contribution is -2.28. The van der Waals surface area contributed by atoms with E-state index >= 15 is 0 Å². The zero-order valence-corrected chi connectivity index (χ0v) is 11.9. The highest BCUT2D eigenvalue weighted by Crippen LogP contribution is 2.45. The molecular weight excluding hydrogens is 266 g/mol. The van der Waals surface area contributed by atoms with E-state index in [0.717, 1.165) is 10.8 Å². The Morgan fingerprint density at radius 1 is 1.33 bits per heavy atom. The summed E-state index contributed by atoms with van der Waals surface area (Å²) < 4.78 is 10.8. The van der Waals surface area contributed by atoms with Crippen LogP contribution in [-0.2, 0) is 4.74 Å². The van der Waals surface area contributed by atoms with Crippen molar-refractivity contribution in [3.05, 3.63) is 42.0 Å². The van der Waals surface area contributed by atoms with E-state index in [1.54, 1.807) is 7.11 Å². The van der Waals surface area contributed by atoms with Crippen LogP contribution in [0.5, 0.6) is 5.75 Å². The number of benzene rings is 2. The molecule has 1 saturated heterocycles. The van der Waals surface area contributed by atoms with E-state index < -0.39 is 11.5 Å². The molecule has 108 valence electrons. The van der Waals surface area contributed by atoms with E-state index in [1.165, 1.54) is 0 Å². The second-order valence-corrected chi connectivity index (χ2v) is 5.38.